The number of pyridine rings is 1. The normalized spacial score (nSPS) is 12.3. The van der Waals surface area contributed by atoms with Crippen LogP contribution < -0.4 is 5.19 Å². The van der Waals surface area contributed by atoms with Crippen LogP contribution in [0.15, 0.2) is 176 Å². The second kappa shape index (κ2) is 16.6. The molecule has 3 aromatic heterocycles. The van der Waals surface area contributed by atoms with Crippen molar-refractivity contribution in [3.8, 4) is 50.6 Å². The van der Waals surface area contributed by atoms with Crippen LogP contribution >= 0.6 is 11.3 Å². The minimum absolute atomic E-state index is 0. The van der Waals surface area contributed by atoms with E-state index in [1.165, 1.54) is 53.7 Å². The number of benzene rings is 7. The first kappa shape index (κ1) is 35.4. The first-order chi connectivity index (χ1) is 29.0. The summed E-state index contributed by atoms with van der Waals surface area (Å²) < 4.78 is 26.8. The van der Waals surface area contributed by atoms with Gasteiger partial charge in [0, 0.05) is 46.4 Å². The number of thiophene rings is 1. The Balaban J connectivity index is 0.000000208. The Bertz CT molecular complexity index is 3050. The molecule has 3 heterocycles. The summed E-state index contributed by atoms with van der Waals surface area (Å²) in [7, 11) is -1.34. The van der Waals surface area contributed by atoms with E-state index < -0.39 is 14.9 Å². The van der Waals surface area contributed by atoms with Gasteiger partial charge in [-0.15, -0.1) is 53.6 Å². The Morgan fingerprint density at radius 3 is 2.14 bits per heavy atom. The molecule has 0 saturated carbocycles. The van der Waals surface area contributed by atoms with Crippen LogP contribution in [0, 0.1) is 19.0 Å². The Labute approximate surface area is 363 Å². The van der Waals surface area contributed by atoms with Crippen molar-refractivity contribution in [3.63, 3.8) is 0 Å². The summed E-state index contributed by atoms with van der Waals surface area (Å²) in [6, 6.07) is 64.8. The molecule has 0 atom stereocenters. The maximum absolute atomic E-state index is 7.35. The Kier molecular flexibility index (Phi) is 10.1. The first-order valence-electron chi connectivity index (χ1n) is 20.6. The van der Waals surface area contributed by atoms with Gasteiger partial charge in [-0.25, -0.2) is 0 Å². The number of hydrogen-bond donors (Lipinski definition) is 0. The predicted octanol–water partition coefficient (Wildman–Crippen LogP) is 13.6. The zero-order chi connectivity index (χ0) is 41.4. The maximum atomic E-state index is 7.35. The van der Waals surface area contributed by atoms with Crippen molar-refractivity contribution in [2.75, 3.05) is 0 Å². The number of aromatic nitrogens is 3. The summed E-state index contributed by atoms with van der Waals surface area (Å²) in [6.45, 7) is 4.76. The SMILES string of the molecule is [2H]C([2H])([2H])c1c[c-]c(-c2ccc([Si](C)(C)C)cn2)cc1.[Ir].[c-]1ccc2c(sc3cc(-c4ccccc4)ccc32)c1-c1nc2ccccc2n1-c1ccccc1-c1ccccc1. The summed E-state index contributed by atoms with van der Waals surface area (Å²) >= 11 is 1.82. The van der Waals surface area contributed by atoms with E-state index in [4.69, 9.17) is 9.10 Å². The van der Waals surface area contributed by atoms with Gasteiger partial charge in [0.15, 0.2) is 0 Å². The van der Waals surface area contributed by atoms with Crippen molar-refractivity contribution in [2.45, 2.75) is 26.5 Å². The molecule has 3 nitrogen and oxygen atoms in total. The minimum Gasteiger partial charge on any atom is -0.333 e. The number of imidazole rings is 1. The fourth-order valence-electron chi connectivity index (χ4n) is 7.27. The average molecular weight is 963 g/mol. The molecule has 0 saturated heterocycles. The van der Waals surface area contributed by atoms with Gasteiger partial charge in [0.2, 0.25) is 0 Å². The third kappa shape index (κ3) is 7.77. The molecule has 0 aliphatic heterocycles. The van der Waals surface area contributed by atoms with Crippen molar-refractivity contribution in [1.29, 1.82) is 0 Å². The van der Waals surface area contributed by atoms with Gasteiger partial charge in [0.1, 0.15) is 0 Å². The molecular weight excluding hydrogens is 919 g/mol. The second-order valence-electron chi connectivity index (χ2n) is 15.1. The average Bonchev–Trinajstić information content (AvgIpc) is 3.85. The summed E-state index contributed by atoms with van der Waals surface area (Å²) in [4.78, 5) is 9.69. The van der Waals surface area contributed by atoms with E-state index in [-0.39, 0.29) is 20.1 Å². The minimum atomic E-state index is -2.08. The number of nitrogens with zero attached hydrogens (tertiary/aromatic N) is 3. The molecule has 285 valence electrons. The molecular formula is C52H41IrN3SSi-2. The third-order valence-electron chi connectivity index (χ3n) is 10.3. The molecule has 7 aromatic carbocycles. The van der Waals surface area contributed by atoms with Crippen LogP contribution in [-0.4, -0.2) is 22.6 Å². The molecule has 0 N–H and O–H groups in total. The van der Waals surface area contributed by atoms with Gasteiger partial charge in [0.05, 0.1) is 24.9 Å². The summed E-state index contributed by atoms with van der Waals surface area (Å²) in [6.07, 6.45) is 1.92. The molecule has 58 heavy (non-hydrogen) atoms. The van der Waals surface area contributed by atoms with Crippen molar-refractivity contribution in [3.05, 3.63) is 194 Å². The van der Waals surface area contributed by atoms with E-state index in [0.717, 1.165) is 39.4 Å². The third-order valence-corrected chi connectivity index (χ3v) is 13.5. The largest absolute Gasteiger partial charge is 0.333 e. The van der Waals surface area contributed by atoms with Crippen LogP contribution in [0.4, 0.5) is 0 Å². The zero-order valence-corrected chi connectivity index (χ0v) is 36.5. The van der Waals surface area contributed by atoms with Crippen LogP contribution in [0.25, 0.3) is 81.8 Å². The quantitative estimate of drug-likeness (QED) is 0.123. The standard InChI is InChI=1S/C37H23N2S.C15H18NSi.Ir/c1-3-12-25(13-4-1)27-22-23-29-30-17-11-18-31(36(30)40-35(29)24-27)37-38-32-19-8-10-21-34(32)39(37)33-20-9-7-16-28(33)26-14-5-2-6-15-26;1-12-5-7-13(8-6-12)15-10-9-14(11-16-15)17(2,3)4;/h1-17,19-24H;5-7,9-11H,1-4H3;/q2*-1;/i;1D3;. The molecule has 10 aromatic rings. The van der Waals surface area contributed by atoms with Gasteiger partial charge in [-0.2, -0.15) is 11.3 Å². The number of para-hydroxylation sites is 3. The molecule has 0 amide bonds. The molecule has 0 bridgehead atoms. The fourth-order valence-corrected chi connectivity index (χ4v) is 9.54. The fraction of sp³-hybridized carbons (Fsp3) is 0.0769. The molecule has 6 heteroatoms. The second-order valence-corrected chi connectivity index (χ2v) is 21.2. The Morgan fingerprint density at radius 2 is 1.41 bits per heavy atom. The van der Waals surface area contributed by atoms with Crippen molar-refractivity contribution in [1.82, 2.24) is 14.5 Å². The predicted molar refractivity (Wildman–Crippen MR) is 245 cm³/mol. The zero-order valence-electron chi connectivity index (χ0n) is 35.3. The van der Waals surface area contributed by atoms with Gasteiger partial charge >= 0.3 is 0 Å². The van der Waals surface area contributed by atoms with E-state index in [9.17, 15) is 0 Å². The van der Waals surface area contributed by atoms with Gasteiger partial charge in [-0.3, -0.25) is 4.98 Å². The van der Waals surface area contributed by atoms with Crippen molar-refractivity contribution in [2.24, 2.45) is 0 Å². The van der Waals surface area contributed by atoms with Crippen molar-refractivity contribution < 1.29 is 24.2 Å². The van der Waals surface area contributed by atoms with Crippen LogP contribution in [0.1, 0.15) is 9.68 Å². The smallest absolute Gasteiger partial charge is 0.0795 e. The number of rotatable bonds is 6. The molecule has 0 spiro atoms. The van der Waals surface area contributed by atoms with E-state index in [1.807, 2.05) is 29.7 Å². The summed E-state index contributed by atoms with van der Waals surface area (Å²) in [5, 5.41) is 3.81. The molecule has 0 fully saturated rings. The van der Waals surface area contributed by atoms with Crippen molar-refractivity contribution >= 4 is 55.8 Å². The first-order valence-corrected chi connectivity index (χ1v) is 23.4. The molecule has 1 radical (unpaired) electrons. The number of hydrogen-bond acceptors (Lipinski definition) is 3. The topological polar surface area (TPSA) is 30.7 Å². The van der Waals surface area contributed by atoms with Gasteiger partial charge < -0.3 is 9.55 Å². The summed E-state index contributed by atoms with van der Waals surface area (Å²) in [5.41, 5.74) is 10.9. The van der Waals surface area contributed by atoms with Gasteiger partial charge in [-0.05, 0) is 61.9 Å². The van der Waals surface area contributed by atoms with Crippen LogP contribution in [0.5, 0.6) is 0 Å². The van der Waals surface area contributed by atoms with Gasteiger partial charge in [0.25, 0.3) is 0 Å². The van der Waals surface area contributed by atoms with Gasteiger partial charge in [-0.1, -0.05) is 153 Å². The number of aryl methyl sites for hydroxylation is 1. The van der Waals surface area contributed by atoms with E-state index >= 15 is 0 Å². The van der Waals surface area contributed by atoms with Crippen LogP contribution in [0.3, 0.4) is 0 Å². The molecule has 0 aliphatic rings. The van der Waals surface area contributed by atoms with Crippen LogP contribution in [0.2, 0.25) is 19.6 Å². The Hall–Kier alpha value is -5.75. The Morgan fingerprint density at radius 1 is 0.672 bits per heavy atom. The summed E-state index contributed by atoms with van der Waals surface area (Å²) in [5.74, 6) is 0.907. The van der Waals surface area contributed by atoms with Crippen LogP contribution in [-0.2, 0) is 20.1 Å². The van der Waals surface area contributed by atoms with E-state index in [0.29, 0.717) is 5.56 Å². The maximum Gasteiger partial charge on any atom is 0.0795 e. The monoisotopic (exact) mass is 963 g/mol. The van der Waals surface area contributed by atoms with E-state index in [2.05, 4.69) is 181 Å². The molecule has 0 unspecified atom stereocenters. The van der Waals surface area contributed by atoms with E-state index in [1.54, 1.807) is 12.1 Å². The molecule has 10 rings (SSSR count). The molecule has 0 aliphatic carbocycles. The number of fused-ring (bicyclic) bond motifs is 4.